The summed E-state index contributed by atoms with van der Waals surface area (Å²) in [6.07, 6.45) is 2.79. The number of hydrogen-bond acceptors (Lipinski definition) is 4. The van der Waals surface area contributed by atoms with E-state index in [-0.39, 0.29) is 11.6 Å². The number of nitrogens with zero attached hydrogens (tertiary/aromatic N) is 1. The molecule has 0 aromatic heterocycles. The summed E-state index contributed by atoms with van der Waals surface area (Å²) in [7, 11) is 0. The molecule has 0 atom stereocenters. The second-order valence-corrected chi connectivity index (χ2v) is 6.08. The first-order valence-corrected chi connectivity index (χ1v) is 8.63. The molecule has 0 heterocycles. The van der Waals surface area contributed by atoms with Gasteiger partial charge in [-0.25, -0.2) is 0 Å². The van der Waals surface area contributed by atoms with Crippen molar-refractivity contribution in [3.05, 3.63) is 81.9 Å². The highest BCUT2D eigenvalue weighted by molar-refractivity contribution is 7.98. The number of hydrogen-bond donors (Lipinski definition) is 1. The molecule has 5 nitrogen and oxygen atoms in total. The van der Waals surface area contributed by atoms with Crippen molar-refractivity contribution in [1.82, 2.24) is 5.32 Å². The zero-order chi connectivity index (χ0) is 17.2. The van der Waals surface area contributed by atoms with Gasteiger partial charge < -0.3 is 5.32 Å². The Bertz CT molecular complexity index is 717. The Morgan fingerprint density at radius 2 is 1.83 bits per heavy atom. The third-order valence-corrected chi connectivity index (χ3v) is 4.24. The molecule has 0 saturated heterocycles. The Morgan fingerprint density at radius 3 is 2.58 bits per heavy atom. The molecule has 0 unspecified atom stereocenters. The quantitative estimate of drug-likeness (QED) is 0.344. The van der Waals surface area contributed by atoms with E-state index in [2.05, 4.69) is 17.4 Å². The maximum Gasteiger partial charge on any atom is 0.276 e. The van der Waals surface area contributed by atoms with Gasteiger partial charge in [0.1, 0.15) is 0 Å². The van der Waals surface area contributed by atoms with E-state index in [9.17, 15) is 14.9 Å². The number of nitrogens with one attached hydrogen (secondary N) is 1. The fraction of sp³-hybridized carbons (Fsp3) is 0.167. The predicted molar refractivity (Wildman–Crippen MR) is 97.7 cm³/mol. The van der Waals surface area contributed by atoms with Crippen LogP contribution in [0.25, 0.3) is 6.08 Å². The lowest BCUT2D eigenvalue weighted by Gasteiger charge is -2.03. The highest BCUT2D eigenvalue weighted by Crippen LogP contribution is 2.18. The van der Waals surface area contributed by atoms with Crippen LogP contribution in [-0.2, 0) is 10.5 Å². The molecule has 0 radical (unpaired) electrons. The summed E-state index contributed by atoms with van der Waals surface area (Å²) >= 11 is 1.74. The Balaban J connectivity index is 1.72. The highest BCUT2D eigenvalue weighted by Gasteiger charge is 2.09. The number of carbonyl (C=O) groups is 1. The molecule has 0 aliphatic heterocycles. The Labute approximate surface area is 144 Å². The first-order valence-electron chi connectivity index (χ1n) is 7.48. The number of carbonyl (C=O) groups excluding carboxylic acids is 1. The van der Waals surface area contributed by atoms with E-state index < -0.39 is 4.92 Å². The van der Waals surface area contributed by atoms with Crippen LogP contribution in [0.1, 0.15) is 11.1 Å². The highest BCUT2D eigenvalue weighted by atomic mass is 32.2. The minimum absolute atomic E-state index is 0.0139. The van der Waals surface area contributed by atoms with Crippen molar-refractivity contribution in [2.75, 3.05) is 12.3 Å². The van der Waals surface area contributed by atoms with Gasteiger partial charge in [0, 0.05) is 30.2 Å². The van der Waals surface area contributed by atoms with Crippen LogP contribution >= 0.6 is 11.8 Å². The molecule has 2 rings (SSSR count). The Hall–Kier alpha value is -2.60. The van der Waals surface area contributed by atoms with Crippen LogP contribution in [0, 0.1) is 10.1 Å². The average molecular weight is 342 g/mol. The van der Waals surface area contributed by atoms with Gasteiger partial charge >= 0.3 is 0 Å². The number of rotatable bonds is 8. The summed E-state index contributed by atoms with van der Waals surface area (Å²) in [5.41, 5.74) is 1.65. The van der Waals surface area contributed by atoms with Crippen LogP contribution in [0.4, 0.5) is 5.69 Å². The van der Waals surface area contributed by atoms with Crippen molar-refractivity contribution in [2.24, 2.45) is 0 Å². The topological polar surface area (TPSA) is 72.2 Å². The maximum atomic E-state index is 11.8. The molecular weight excluding hydrogens is 324 g/mol. The van der Waals surface area contributed by atoms with Crippen molar-refractivity contribution in [1.29, 1.82) is 0 Å². The minimum Gasteiger partial charge on any atom is -0.352 e. The number of nitro benzene ring substituents is 1. The number of para-hydroxylation sites is 1. The van der Waals surface area contributed by atoms with Gasteiger partial charge in [-0.2, -0.15) is 11.8 Å². The van der Waals surface area contributed by atoms with Gasteiger partial charge in [0.15, 0.2) is 0 Å². The number of benzene rings is 2. The van der Waals surface area contributed by atoms with Crippen molar-refractivity contribution in [2.45, 2.75) is 5.75 Å². The van der Waals surface area contributed by atoms with Crippen LogP contribution in [0.5, 0.6) is 0 Å². The third kappa shape index (κ3) is 5.89. The van der Waals surface area contributed by atoms with Crippen LogP contribution in [0.3, 0.4) is 0 Å². The van der Waals surface area contributed by atoms with Crippen LogP contribution in [0.2, 0.25) is 0 Å². The van der Waals surface area contributed by atoms with Gasteiger partial charge in [-0.15, -0.1) is 0 Å². The lowest BCUT2D eigenvalue weighted by atomic mass is 10.1. The Morgan fingerprint density at radius 1 is 1.12 bits per heavy atom. The van der Waals surface area contributed by atoms with Crippen LogP contribution in [0.15, 0.2) is 60.7 Å². The summed E-state index contributed by atoms with van der Waals surface area (Å²) in [5.74, 6) is 1.45. The second kappa shape index (κ2) is 9.52. The predicted octanol–water partition coefficient (Wildman–Crippen LogP) is 3.66. The van der Waals surface area contributed by atoms with E-state index in [4.69, 9.17) is 0 Å². The fourth-order valence-electron chi connectivity index (χ4n) is 2.03. The van der Waals surface area contributed by atoms with Crippen molar-refractivity contribution in [3.63, 3.8) is 0 Å². The summed E-state index contributed by atoms with van der Waals surface area (Å²) < 4.78 is 0. The van der Waals surface area contributed by atoms with E-state index in [1.54, 1.807) is 30.0 Å². The van der Waals surface area contributed by atoms with Crippen LogP contribution < -0.4 is 5.32 Å². The molecule has 1 N–H and O–H groups in total. The molecular formula is C18H18N2O3S. The number of thioether (sulfide) groups is 1. The van der Waals surface area contributed by atoms with Crippen molar-refractivity contribution >= 4 is 29.4 Å². The lowest BCUT2D eigenvalue weighted by Crippen LogP contribution is -2.23. The van der Waals surface area contributed by atoms with E-state index in [0.717, 1.165) is 11.5 Å². The summed E-state index contributed by atoms with van der Waals surface area (Å²) in [6, 6.07) is 16.5. The van der Waals surface area contributed by atoms with Crippen molar-refractivity contribution in [3.8, 4) is 0 Å². The molecule has 0 spiro atoms. The molecule has 24 heavy (non-hydrogen) atoms. The van der Waals surface area contributed by atoms with Gasteiger partial charge in [0.05, 0.1) is 10.5 Å². The first kappa shape index (κ1) is 17.7. The molecule has 124 valence electrons. The van der Waals surface area contributed by atoms with E-state index in [0.29, 0.717) is 12.1 Å². The van der Waals surface area contributed by atoms with Gasteiger partial charge in [-0.05, 0) is 17.7 Å². The fourth-order valence-corrected chi connectivity index (χ4v) is 2.85. The largest absolute Gasteiger partial charge is 0.352 e. The standard InChI is InChI=1S/C18H18N2O3S/c21-18(11-10-16-8-4-5-9-17(16)20(22)23)19-12-13-24-14-15-6-2-1-3-7-15/h1-11H,12-14H2,(H,19,21)/b11-10+. The van der Waals surface area contributed by atoms with Gasteiger partial charge in [-0.1, -0.05) is 42.5 Å². The molecule has 0 bridgehead atoms. The molecule has 1 amide bonds. The lowest BCUT2D eigenvalue weighted by molar-refractivity contribution is -0.385. The van der Waals surface area contributed by atoms with Gasteiger partial charge in [-0.3, -0.25) is 14.9 Å². The monoisotopic (exact) mass is 342 g/mol. The van der Waals surface area contributed by atoms with Crippen LogP contribution in [-0.4, -0.2) is 23.1 Å². The van der Waals surface area contributed by atoms with Gasteiger partial charge in [0.2, 0.25) is 5.91 Å². The molecule has 0 fully saturated rings. The second-order valence-electron chi connectivity index (χ2n) is 4.98. The average Bonchev–Trinajstić information content (AvgIpc) is 2.60. The van der Waals surface area contributed by atoms with E-state index >= 15 is 0 Å². The number of amides is 1. The summed E-state index contributed by atoms with van der Waals surface area (Å²) in [5, 5.41) is 13.7. The third-order valence-electron chi connectivity index (χ3n) is 3.20. The zero-order valence-electron chi connectivity index (χ0n) is 13.1. The number of nitro groups is 1. The van der Waals surface area contributed by atoms with E-state index in [1.807, 2.05) is 18.2 Å². The molecule has 6 heteroatoms. The zero-order valence-corrected chi connectivity index (χ0v) is 13.9. The summed E-state index contributed by atoms with van der Waals surface area (Å²) in [4.78, 5) is 22.2. The van der Waals surface area contributed by atoms with Crippen molar-refractivity contribution < 1.29 is 9.72 Å². The smallest absolute Gasteiger partial charge is 0.276 e. The van der Waals surface area contributed by atoms with E-state index in [1.165, 1.54) is 23.8 Å². The molecule has 0 saturated carbocycles. The minimum atomic E-state index is -0.461. The Kier molecular flexibility index (Phi) is 7.04. The molecule has 2 aromatic rings. The normalized spacial score (nSPS) is 10.7. The SMILES string of the molecule is O=C(/C=C/c1ccccc1[N+](=O)[O-])NCCSCc1ccccc1. The first-order chi connectivity index (χ1) is 11.7. The molecule has 2 aromatic carbocycles. The summed E-state index contributed by atoms with van der Waals surface area (Å²) in [6.45, 7) is 0.553. The van der Waals surface area contributed by atoms with Gasteiger partial charge in [0.25, 0.3) is 5.69 Å². The maximum absolute atomic E-state index is 11.8. The molecule has 0 aliphatic carbocycles. The molecule has 0 aliphatic rings.